The van der Waals surface area contributed by atoms with Gasteiger partial charge in [-0.15, -0.1) is 22.7 Å². The summed E-state index contributed by atoms with van der Waals surface area (Å²) in [5, 5.41) is 17.8. The van der Waals surface area contributed by atoms with Crippen molar-refractivity contribution in [3.63, 3.8) is 0 Å². The Bertz CT molecular complexity index is 968. The third-order valence-corrected chi connectivity index (χ3v) is 7.22. The van der Waals surface area contributed by atoms with Gasteiger partial charge < -0.3 is 15.4 Å². The van der Waals surface area contributed by atoms with Crippen LogP contribution in [0.15, 0.2) is 23.6 Å². The van der Waals surface area contributed by atoms with E-state index in [1.165, 1.54) is 17.4 Å². The summed E-state index contributed by atoms with van der Waals surface area (Å²) in [5.74, 6) is -0.263. The molecule has 1 saturated carbocycles. The Morgan fingerprint density at radius 3 is 2.86 bits per heavy atom. The Balaban J connectivity index is 1.39. The number of nitrogens with one attached hydrogen (secondary N) is 2. The molecule has 6 nitrogen and oxygen atoms in total. The summed E-state index contributed by atoms with van der Waals surface area (Å²) in [7, 11) is 0. The van der Waals surface area contributed by atoms with Crippen LogP contribution in [-0.2, 0) is 22.4 Å². The summed E-state index contributed by atoms with van der Waals surface area (Å²) in [4.78, 5) is 26.3. The third kappa shape index (κ3) is 4.69. The fourth-order valence-electron chi connectivity index (χ4n) is 3.46. The van der Waals surface area contributed by atoms with Crippen molar-refractivity contribution in [1.82, 2.24) is 5.32 Å². The van der Waals surface area contributed by atoms with Crippen molar-refractivity contribution >= 4 is 45.8 Å². The molecule has 2 aliphatic carbocycles. The highest BCUT2D eigenvalue weighted by Crippen LogP contribution is 2.38. The van der Waals surface area contributed by atoms with Gasteiger partial charge in [0.05, 0.1) is 5.56 Å². The average Bonchev–Trinajstić information content (AvgIpc) is 3.30. The van der Waals surface area contributed by atoms with E-state index in [1.807, 2.05) is 17.5 Å². The number of nitrogens with zero attached hydrogens (tertiary/aromatic N) is 1. The zero-order valence-electron chi connectivity index (χ0n) is 15.8. The van der Waals surface area contributed by atoms with Crippen LogP contribution < -0.4 is 10.6 Å². The average molecular weight is 428 g/mol. The molecule has 2 N–H and O–H groups in total. The predicted molar refractivity (Wildman–Crippen MR) is 114 cm³/mol. The van der Waals surface area contributed by atoms with Crippen LogP contribution >= 0.6 is 22.7 Å². The quantitative estimate of drug-likeness (QED) is 0.689. The number of carbonyl (C=O) groups is 2. The monoisotopic (exact) mass is 427 g/mol. The Morgan fingerprint density at radius 2 is 2.17 bits per heavy atom. The maximum absolute atomic E-state index is 12.3. The number of amides is 2. The van der Waals surface area contributed by atoms with Crippen molar-refractivity contribution in [2.75, 3.05) is 5.32 Å². The maximum atomic E-state index is 12.3. The lowest BCUT2D eigenvalue weighted by Crippen LogP contribution is -2.41. The van der Waals surface area contributed by atoms with Gasteiger partial charge in [0, 0.05) is 28.3 Å². The van der Waals surface area contributed by atoms with E-state index in [2.05, 4.69) is 16.7 Å². The second kappa shape index (κ2) is 8.80. The van der Waals surface area contributed by atoms with E-state index in [1.54, 1.807) is 17.4 Å². The molecule has 29 heavy (non-hydrogen) atoms. The summed E-state index contributed by atoms with van der Waals surface area (Å²) in [6.45, 7) is 0. The third-order valence-electron chi connectivity index (χ3n) is 5.21. The highest BCUT2D eigenvalue weighted by Gasteiger charge is 2.29. The van der Waals surface area contributed by atoms with E-state index in [4.69, 9.17) is 4.74 Å². The molecule has 0 radical (unpaired) electrons. The number of hydrogen-bond donors (Lipinski definition) is 2. The zero-order chi connectivity index (χ0) is 20.2. The molecule has 0 bridgehead atoms. The van der Waals surface area contributed by atoms with Crippen LogP contribution in [0.5, 0.6) is 0 Å². The second-order valence-corrected chi connectivity index (χ2v) is 9.28. The standard InChI is InChI=1S/C21H21N3O3S2/c22-12-17-16-8-6-14(27-21(26)23-13-3-1-4-13)11-18(16)29-20(17)24-19(25)9-7-15-5-2-10-28-15/h2,5,7,9-10,13-14H,1,3-4,6,8,11H2,(H,23,26)(H,24,25). The Hall–Kier alpha value is -2.63. The van der Waals surface area contributed by atoms with Crippen molar-refractivity contribution in [3.8, 4) is 6.07 Å². The topological polar surface area (TPSA) is 91.2 Å². The lowest BCUT2D eigenvalue weighted by Gasteiger charge is -2.28. The van der Waals surface area contributed by atoms with Gasteiger partial charge >= 0.3 is 6.09 Å². The molecule has 1 unspecified atom stereocenters. The molecule has 4 rings (SSSR count). The number of anilines is 1. The van der Waals surface area contributed by atoms with Crippen molar-refractivity contribution in [3.05, 3.63) is 44.5 Å². The van der Waals surface area contributed by atoms with E-state index >= 15 is 0 Å². The molecule has 0 saturated heterocycles. The van der Waals surface area contributed by atoms with Gasteiger partial charge in [0.2, 0.25) is 5.91 Å². The van der Waals surface area contributed by atoms with Gasteiger partial charge in [0.25, 0.3) is 0 Å². The predicted octanol–water partition coefficient (Wildman–Crippen LogP) is 4.47. The largest absolute Gasteiger partial charge is 0.446 e. The number of hydrogen-bond acceptors (Lipinski definition) is 6. The van der Waals surface area contributed by atoms with Crippen molar-refractivity contribution in [2.24, 2.45) is 0 Å². The number of nitriles is 1. The van der Waals surface area contributed by atoms with Crippen LogP contribution in [0.25, 0.3) is 6.08 Å². The summed E-state index contributed by atoms with van der Waals surface area (Å²) < 4.78 is 5.57. The molecule has 0 aromatic carbocycles. The van der Waals surface area contributed by atoms with E-state index in [-0.39, 0.29) is 24.1 Å². The molecular formula is C21H21N3O3S2. The number of fused-ring (bicyclic) bond motifs is 1. The number of thiophene rings is 2. The minimum absolute atomic E-state index is 0.199. The fourth-order valence-corrected chi connectivity index (χ4v) is 5.35. The molecule has 150 valence electrons. The summed E-state index contributed by atoms with van der Waals surface area (Å²) in [5.41, 5.74) is 1.49. The normalized spacial score (nSPS) is 18.5. The second-order valence-electron chi connectivity index (χ2n) is 7.20. The molecule has 1 atom stereocenters. The molecule has 2 aliphatic rings. The van der Waals surface area contributed by atoms with Crippen LogP contribution in [0.2, 0.25) is 0 Å². The van der Waals surface area contributed by atoms with Crippen LogP contribution in [0.4, 0.5) is 9.80 Å². The van der Waals surface area contributed by atoms with Crippen LogP contribution in [0.1, 0.15) is 46.6 Å². The smallest absolute Gasteiger partial charge is 0.407 e. The molecule has 2 aromatic heterocycles. The van der Waals surface area contributed by atoms with Gasteiger partial charge in [-0.1, -0.05) is 6.07 Å². The van der Waals surface area contributed by atoms with Crippen molar-refractivity contribution < 1.29 is 14.3 Å². The molecule has 1 fully saturated rings. The first-order chi connectivity index (χ1) is 14.1. The molecule has 0 spiro atoms. The van der Waals surface area contributed by atoms with Crippen molar-refractivity contribution in [1.29, 1.82) is 5.26 Å². The van der Waals surface area contributed by atoms with Crippen LogP contribution in [0, 0.1) is 11.3 Å². The summed E-state index contributed by atoms with van der Waals surface area (Å²) in [6.07, 6.45) is 7.79. The highest BCUT2D eigenvalue weighted by molar-refractivity contribution is 7.16. The zero-order valence-corrected chi connectivity index (χ0v) is 17.4. The summed E-state index contributed by atoms with van der Waals surface area (Å²) >= 11 is 2.95. The number of ether oxygens (including phenoxy) is 1. The van der Waals surface area contributed by atoms with E-state index in [0.29, 0.717) is 29.8 Å². The first-order valence-corrected chi connectivity index (χ1v) is 11.4. The van der Waals surface area contributed by atoms with E-state index < -0.39 is 0 Å². The number of alkyl carbamates (subject to hydrolysis) is 1. The number of rotatable bonds is 5. The van der Waals surface area contributed by atoms with E-state index in [0.717, 1.165) is 34.6 Å². The van der Waals surface area contributed by atoms with Crippen LogP contribution in [0.3, 0.4) is 0 Å². The van der Waals surface area contributed by atoms with Crippen LogP contribution in [-0.4, -0.2) is 24.1 Å². The van der Waals surface area contributed by atoms with Gasteiger partial charge in [0.15, 0.2) is 0 Å². The molecule has 8 heteroatoms. The molecular weight excluding hydrogens is 406 g/mol. The Morgan fingerprint density at radius 1 is 1.31 bits per heavy atom. The SMILES string of the molecule is N#Cc1c(NC(=O)C=Cc2cccs2)sc2c1CCC(OC(=O)NC1CCC1)C2. The molecule has 2 aromatic rings. The number of carbonyl (C=O) groups excluding carboxylic acids is 2. The minimum Gasteiger partial charge on any atom is -0.446 e. The summed E-state index contributed by atoms with van der Waals surface area (Å²) in [6, 6.07) is 6.33. The lowest BCUT2D eigenvalue weighted by atomic mass is 9.93. The van der Waals surface area contributed by atoms with E-state index in [9.17, 15) is 14.9 Å². The first kappa shape index (κ1) is 19.7. The minimum atomic E-state index is -0.354. The molecule has 2 amide bonds. The van der Waals surface area contributed by atoms with Crippen molar-refractivity contribution in [2.45, 2.75) is 50.7 Å². The maximum Gasteiger partial charge on any atom is 0.407 e. The Labute approximate surface area is 177 Å². The molecule has 0 aliphatic heterocycles. The first-order valence-electron chi connectivity index (χ1n) is 9.66. The van der Waals surface area contributed by atoms with Gasteiger partial charge in [0.1, 0.15) is 17.2 Å². The molecule has 2 heterocycles. The lowest BCUT2D eigenvalue weighted by molar-refractivity contribution is -0.111. The Kier molecular flexibility index (Phi) is 5.97. The van der Waals surface area contributed by atoms with Gasteiger partial charge in [-0.25, -0.2) is 4.79 Å². The fraction of sp³-hybridized carbons (Fsp3) is 0.381. The van der Waals surface area contributed by atoms with Gasteiger partial charge in [-0.2, -0.15) is 5.26 Å². The highest BCUT2D eigenvalue weighted by atomic mass is 32.1. The van der Waals surface area contributed by atoms with Gasteiger partial charge in [-0.3, -0.25) is 4.79 Å². The van der Waals surface area contributed by atoms with Gasteiger partial charge in [-0.05, 0) is 55.2 Å².